The molecule has 0 saturated heterocycles. The molecule has 3 nitrogen and oxygen atoms in total. The summed E-state index contributed by atoms with van der Waals surface area (Å²) in [5, 5.41) is 0. The lowest BCUT2D eigenvalue weighted by atomic mass is 9.64. The Morgan fingerprint density at radius 2 is 1.84 bits per heavy atom. The molecular weight excluding hydrogens is 240 g/mol. The van der Waals surface area contributed by atoms with Gasteiger partial charge in [-0.25, -0.2) is 0 Å². The first kappa shape index (κ1) is 16.5. The lowest BCUT2D eigenvalue weighted by molar-refractivity contribution is -0.159. The van der Waals surface area contributed by atoms with Crippen LogP contribution < -0.4 is 0 Å². The van der Waals surface area contributed by atoms with Gasteiger partial charge in [0.05, 0.1) is 12.7 Å². The van der Waals surface area contributed by atoms with E-state index in [4.69, 9.17) is 9.47 Å². The third-order valence-electron chi connectivity index (χ3n) is 5.07. The molecule has 0 amide bonds. The number of esters is 1. The van der Waals surface area contributed by atoms with E-state index in [1.54, 1.807) is 7.11 Å². The summed E-state index contributed by atoms with van der Waals surface area (Å²) in [5.41, 5.74) is -0.0456. The second-order valence-electron chi connectivity index (χ2n) is 6.14. The Labute approximate surface area is 118 Å². The zero-order chi connectivity index (χ0) is 14.5. The Kier molecular flexibility index (Phi) is 6.31. The van der Waals surface area contributed by atoms with Crippen LogP contribution in [0.2, 0.25) is 0 Å². The zero-order valence-corrected chi connectivity index (χ0v) is 13.2. The third kappa shape index (κ3) is 3.50. The largest absolute Gasteiger partial charge is 0.465 e. The van der Waals surface area contributed by atoms with Crippen LogP contribution in [0.3, 0.4) is 0 Å². The Hall–Kier alpha value is -0.570. The molecule has 0 aliphatic heterocycles. The van der Waals surface area contributed by atoms with Crippen molar-refractivity contribution in [1.29, 1.82) is 0 Å². The molecule has 0 aromatic rings. The minimum absolute atomic E-state index is 0.0456. The number of methoxy groups -OCH3 is 1. The van der Waals surface area contributed by atoms with E-state index in [0.717, 1.165) is 0 Å². The van der Waals surface area contributed by atoms with Crippen molar-refractivity contribution in [3.63, 3.8) is 0 Å². The fourth-order valence-corrected chi connectivity index (χ4v) is 3.66. The van der Waals surface area contributed by atoms with Gasteiger partial charge in [0.25, 0.3) is 0 Å². The summed E-state index contributed by atoms with van der Waals surface area (Å²) >= 11 is 0. The second kappa shape index (κ2) is 7.28. The fourth-order valence-electron chi connectivity index (χ4n) is 3.66. The summed E-state index contributed by atoms with van der Waals surface area (Å²) in [5.74, 6) is 0.939. The molecule has 1 fully saturated rings. The monoisotopic (exact) mass is 270 g/mol. The van der Waals surface area contributed by atoms with Gasteiger partial charge in [0.2, 0.25) is 0 Å². The van der Waals surface area contributed by atoms with Gasteiger partial charge in [-0.1, -0.05) is 33.6 Å². The van der Waals surface area contributed by atoms with Gasteiger partial charge in [0.1, 0.15) is 0 Å². The van der Waals surface area contributed by atoms with E-state index >= 15 is 0 Å². The highest BCUT2D eigenvalue weighted by Gasteiger charge is 2.48. The average Bonchev–Trinajstić information content (AvgIpc) is 2.92. The van der Waals surface area contributed by atoms with Crippen LogP contribution in [-0.2, 0) is 14.3 Å². The van der Waals surface area contributed by atoms with Gasteiger partial charge in [-0.2, -0.15) is 0 Å². The van der Waals surface area contributed by atoms with Crippen LogP contribution in [0, 0.1) is 17.3 Å². The normalized spacial score (nSPS) is 21.4. The van der Waals surface area contributed by atoms with E-state index in [0.29, 0.717) is 24.9 Å². The highest BCUT2D eigenvalue weighted by molar-refractivity contribution is 5.68. The molecular formula is C16H30O3. The van der Waals surface area contributed by atoms with Gasteiger partial charge in [-0.15, -0.1) is 0 Å². The Balaban J connectivity index is 2.93. The van der Waals surface area contributed by atoms with Crippen molar-refractivity contribution in [2.45, 2.75) is 65.9 Å². The van der Waals surface area contributed by atoms with Crippen LogP contribution in [0.25, 0.3) is 0 Å². The number of hydrogen-bond acceptors (Lipinski definition) is 3. The number of rotatable bonds is 7. The lowest BCUT2D eigenvalue weighted by Crippen LogP contribution is -2.49. The minimum Gasteiger partial charge on any atom is -0.465 e. The summed E-state index contributed by atoms with van der Waals surface area (Å²) in [6, 6.07) is 0. The van der Waals surface area contributed by atoms with Gasteiger partial charge in [0.15, 0.2) is 0 Å². The minimum atomic E-state index is -0.105. The molecule has 1 aliphatic rings. The average molecular weight is 270 g/mol. The smallest absolute Gasteiger partial charge is 0.305 e. The second-order valence-corrected chi connectivity index (χ2v) is 6.14. The van der Waals surface area contributed by atoms with E-state index in [1.807, 2.05) is 6.92 Å². The maximum atomic E-state index is 11.5. The third-order valence-corrected chi connectivity index (χ3v) is 5.07. The van der Waals surface area contributed by atoms with Gasteiger partial charge in [-0.3, -0.25) is 4.79 Å². The molecule has 19 heavy (non-hydrogen) atoms. The Morgan fingerprint density at radius 1 is 1.26 bits per heavy atom. The predicted octanol–water partition coefficient (Wildman–Crippen LogP) is 3.81. The summed E-state index contributed by atoms with van der Waals surface area (Å²) in [6.45, 7) is 8.92. The van der Waals surface area contributed by atoms with Crippen LogP contribution in [0.5, 0.6) is 0 Å². The van der Waals surface area contributed by atoms with Gasteiger partial charge in [-0.05, 0) is 31.6 Å². The quantitative estimate of drug-likeness (QED) is 0.660. The molecule has 0 heterocycles. The summed E-state index contributed by atoms with van der Waals surface area (Å²) in [7, 11) is 1.76. The van der Waals surface area contributed by atoms with Gasteiger partial charge in [0, 0.05) is 18.9 Å². The maximum absolute atomic E-state index is 11.5. The van der Waals surface area contributed by atoms with Crippen molar-refractivity contribution >= 4 is 5.97 Å². The molecule has 2 atom stereocenters. The van der Waals surface area contributed by atoms with E-state index in [9.17, 15) is 4.79 Å². The van der Waals surface area contributed by atoms with E-state index in [1.165, 1.54) is 25.7 Å². The van der Waals surface area contributed by atoms with Crippen LogP contribution in [0.15, 0.2) is 0 Å². The van der Waals surface area contributed by atoms with Crippen LogP contribution >= 0.6 is 0 Å². The van der Waals surface area contributed by atoms with Gasteiger partial charge < -0.3 is 9.47 Å². The number of carbonyl (C=O) groups excluding carboxylic acids is 1. The molecule has 2 unspecified atom stereocenters. The molecule has 3 heteroatoms. The van der Waals surface area contributed by atoms with E-state index < -0.39 is 0 Å². The van der Waals surface area contributed by atoms with E-state index in [-0.39, 0.29) is 17.5 Å². The number of ether oxygens (including phenoxy) is 2. The SMILES string of the molecule is CCC(=O)OCC(C(C)C)(C1CCCC1)C(C)OC. The van der Waals surface area contributed by atoms with Crippen LogP contribution in [-0.4, -0.2) is 25.8 Å². The van der Waals surface area contributed by atoms with E-state index in [2.05, 4.69) is 20.8 Å². The predicted molar refractivity (Wildman–Crippen MR) is 77.0 cm³/mol. The first-order valence-electron chi connectivity index (χ1n) is 7.67. The highest BCUT2D eigenvalue weighted by Crippen LogP contribution is 2.48. The maximum Gasteiger partial charge on any atom is 0.305 e. The summed E-state index contributed by atoms with van der Waals surface area (Å²) in [6.07, 6.45) is 5.60. The molecule has 0 spiro atoms. The number of hydrogen-bond donors (Lipinski definition) is 0. The van der Waals surface area contributed by atoms with Crippen molar-refractivity contribution in [3.05, 3.63) is 0 Å². The highest BCUT2D eigenvalue weighted by atomic mass is 16.5. The number of carbonyl (C=O) groups is 1. The van der Waals surface area contributed by atoms with Crippen molar-refractivity contribution in [2.24, 2.45) is 17.3 Å². The molecule has 0 radical (unpaired) electrons. The topological polar surface area (TPSA) is 35.5 Å². The Bertz CT molecular complexity index is 282. The fraction of sp³-hybridized carbons (Fsp3) is 0.938. The van der Waals surface area contributed by atoms with Crippen molar-refractivity contribution < 1.29 is 14.3 Å². The first-order chi connectivity index (χ1) is 8.98. The molecule has 112 valence electrons. The molecule has 0 aromatic carbocycles. The molecule has 0 bridgehead atoms. The lowest BCUT2D eigenvalue weighted by Gasteiger charge is -2.46. The summed E-state index contributed by atoms with van der Waals surface area (Å²) < 4.78 is 11.2. The van der Waals surface area contributed by atoms with Crippen LogP contribution in [0.1, 0.15) is 59.8 Å². The molecule has 0 N–H and O–H groups in total. The zero-order valence-electron chi connectivity index (χ0n) is 13.2. The van der Waals surface area contributed by atoms with Crippen LogP contribution in [0.4, 0.5) is 0 Å². The van der Waals surface area contributed by atoms with Crippen molar-refractivity contribution in [1.82, 2.24) is 0 Å². The van der Waals surface area contributed by atoms with Gasteiger partial charge >= 0.3 is 5.97 Å². The van der Waals surface area contributed by atoms with Crippen molar-refractivity contribution in [3.8, 4) is 0 Å². The molecule has 1 rings (SSSR count). The standard InChI is InChI=1S/C16H30O3/c1-6-15(17)19-11-16(12(2)3,13(4)18-5)14-9-7-8-10-14/h12-14H,6-11H2,1-5H3. The molecule has 1 saturated carbocycles. The Morgan fingerprint density at radius 3 is 2.26 bits per heavy atom. The molecule has 1 aliphatic carbocycles. The first-order valence-corrected chi connectivity index (χ1v) is 7.67. The van der Waals surface area contributed by atoms with Crippen molar-refractivity contribution in [2.75, 3.05) is 13.7 Å². The summed E-state index contributed by atoms with van der Waals surface area (Å²) in [4.78, 5) is 11.5. The molecule has 0 aromatic heterocycles.